The summed E-state index contributed by atoms with van der Waals surface area (Å²) in [5.74, 6) is 1.27. The van der Waals surface area contributed by atoms with Crippen LogP contribution in [-0.4, -0.2) is 13.2 Å². The van der Waals surface area contributed by atoms with E-state index < -0.39 is 0 Å². The van der Waals surface area contributed by atoms with E-state index in [0.29, 0.717) is 19.1 Å². The van der Waals surface area contributed by atoms with Crippen molar-refractivity contribution in [3.8, 4) is 5.75 Å². The van der Waals surface area contributed by atoms with Gasteiger partial charge in [0, 0.05) is 5.92 Å². The molecule has 19 heavy (non-hydrogen) atoms. The maximum atomic E-state index is 5.86. The van der Waals surface area contributed by atoms with Crippen molar-refractivity contribution in [2.24, 2.45) is 5.73 Å². The van der Waals surface area contributed by atoms with E-state index in [1.165, 1.54) is 11.1 Å². The first-order valence-electron chi connectivity index (χ1n) is 6.74. The molecule has 0 aliphatic rings. The lowest BCUT2D eigenvalue weighted by Crippen LogP contribution is -2.15. The van der Waals surface area contributed by atoms with Crippen LogP contribution in [-0.2, 0) is 0 Å². The van der Waals surface area contributed by atoms with Crippen molar-refractivity contribution in [3.63, 3.8) is 0 Å². The summed E-state index contributed by atoms with van der Waals surface area (Å²) < 4.78 is 5.86. The highest BCUT2D eigenvalue weighted by Crippen LogP contribution is 2.22. The Balaban J connectivity index is 2.04. The third kappa shape index (κ3) is 4.11. The van der Waals surface area contributed by atoms with E-state index in [4.69, 9.17) is 10.5 Å². The zero-order chi connectivity index (χ0) is 13.5. The number of ether oxygens (including phenoxy) is 1. The molecule has 0 fully saturated rings. The van der Waals surface area contributed by atoms with E-state index in [0.717, 1.165) is 12.2 Å². The lowest BCUT2D eigenvalue weighted by molar-refractivity contribution is 0.283. The lowest BCUT2D eigenvalue weighted by atomic mass is 9.95. The Kier molecular flexibility index (Phi) is 4.99. The number of aryl methyl sites for hydroxylation is 1. The van der Waals surface area contributed by atoms with Crippen LogP contribution in [0.2, 0.25) is 0 Å². The first-order chi connectivity index (χ1) is 9.29. The molecule has 2 aromatic rings. The minimum Gasteiger partial charge on any atom is -0.493 e. The van der Waals surface area contributed by atoms with Crippen molar-refractivity contribution in [3.05, 3.63) is 65.7 Å². The van der Waals surface area contributed by atoms with E-state index in [1.54, 1.807) is 0 Å². The summed E-state index contributed by atoms with van der Waals surface area (Å²) in [6.07, 6.45) is 0.941. The molecule has 2 rings (SSSR count). The molecule has 2 aromatic carbocycles. The molecule has 1 atom stereocenters. The molecule has 2 heteroatoms. The van der Waals surface area contributed by atoms with Crippen LogP contribution in [0.15, 0.2) is 54.6 Å². The Labute approximate surface area is 115 Å². The Bertz CT molecular complexity index is 496. The van der Waals surface area contributed by atoms with Gasteiger partial charge in [-0.1, -0.05) is 48.0 Å². The molecule has 0 radical (unpaired) electrons. The average molecular weight is 255 g/mol. The van der Waals surface area contributed by atoms with Gasteiger partial charge in [-0.25, -0.2) is 0 Å². The summed E-state index contributed by atoms with van der Waals surface area (Å²) in [4.78, 5) is 0. The van der Waals surface area contributed by atoms with Gasteiger partial charge in [0.2, 0.25) is 0 Å². The molecule has 2 N–H and O–H groups in total. The molecule has 0 spiro atoms. The number of benzene rings is 2. The van der Waals surface area contributed by atoms with Crippen molar-refractivity contribution in [1.82, 2.24) is 0 Å². The molecule has 2 nitrogen and oxygen atoms in total. The topological polar surface area (TPSA) is 35.2 Å². The number of hydrogen-bond donors (Lipinski definition) is 1. The van der Waals surface area contributed by atoms with Crippen molar-refractivity contribution >= 4 is 0 Å². The van der Waals surface area contributed by atoms with E-state index in [2.05, 4.69) is 31.2 Å². The second-order valence-corrected chi connectivity index (χ2v) is 4.81. The van der Waals surface area contributed by atoms with Crippen molar-refractivity contribution in [2.75, 3.05) is 13.2 Å². The molecular formula is C17H21NO. The molecule has 1 unspecified atom stereocenters. The zero-order valence-corrected chi connectivity index (χ0v) is 11.4. The quantitative estimate of drug-likeness (QED) is 0.857. The van der Waals surface area contributed by atoms with Gasteiger partial charge in [-0.2, -0.15) is 0 Å². The highest BCUT2D eigenvalue weighted by atomic mass is 16.5. The Morgan fingerprint density at radius 2 is 1.84 bits per heavy atom. The van der Waals surface area contributed by atoms with Gasteiger partial charge in [0.1, 0.15) is 5.75 Å². The van der Waals surface area contributed by atoms with Crippen molar-refractivity contribution < 1.29 is 4.74 Å². The normalized spacial score (nSPS) is 12.1. The van der Waals surface area contributed by atoms with Crippen molar-refractivity contribution in [1.29, 1.82) is 0 Å². The zero-order valence-electron chi connectivity index (χ0n) is 11.4. The Morgan fingerprint density at radius 3 is 2.53 bits per heavy atom. The summed E-state index contributed by atoms with van der Waals surface area (Å²) in [7, 11) is 0. The molecule has 0 amide bonds. The molecule has 0 heterocycles. The Morgan fingerprint density at radius 1 is 1.05 bits per heavy atom. The van der Waals surface area contributed by atoms with Crippen LogP contribution in [0, 0.1) is 6.92 Å². The minimum absolute atomic E-state index is 0.352. The highest BCUT2D eigenvalue weighted by molar-refractivity contribution is 5.26. The van der Waals surface area contributed by atoms with Crippen molar-refractivity contribution in [2.45, 2.75) is 19.3 Å². The smallest absolute Gasteiger partial charge is 0.119 e. The van der Waals surface area contributed by atoms with Gasteiger partial charge in [0.15, 0.2) is 0 Å². The number of rotatable bonds is 6. The van der Waals surface area contributed by atoms with Crippen LogP contribution in [0.4, 0.5) is 0 Å². The molecular weight excluding hydrogens is 234 g/mol. The summed E-state index contributed by atoms with van der Waals surface area (Å²) in [6, 6.07) is 18.5. The number of para-hydroxylation sites is 1. The lowest BCUT2D eigenvalue weighted by Gasteiger charge is -2.18. The summed E-state index contributed by atoms with van der Waals surface area (Å²) in [5, 5.41) is 0. The maximum absolute atomic E-state index is 5.86. The SMILES string of the molecule is Cc1cccc(C(CCN)COc2ccccc2)c1. The average Bonchev–Trinajstić information content (AvgIpc) is 2.44. The summed E-state index contributed by atoms with van der Waals surface area (Å²) >= 11 is 0. The molecule has 0 saturated carbocycles. The van der Waals surface area contributed by atoms with Gasteiger partial charge < -0.3 is 10.5 Å². The molecule has 100 valence electrons. The monoisotopic (exact) mass is 255 g/mol. The summed E-state index contributed by atoms with van der Waals surface area (Å²) in [5.41, 5.74) is 8.30. The minimum atomic E-state index is 0.352. The summed E-state index contributed by atoms with van der Waals surface area (Å²) in [6.45, 7) is 3.46. The van der Waals surface area contributed by atoms with Crippen LogP contribution < -0.4 is 10.5 Å². The molecule has 0 saturated heterocycles. The third-order valence-electron chi connectivity index (χ3n) is 3.22. The number of hydrogen-bond acceptors (Lipinski definition) is 2. The first kappa shape index (κ1) is 13.6. The van der Waals surface area contributed by atoms with E-state index >= 15 is 0 Å². The van der Waals surface area contributed by atoms with Crippen LogP contribution in [0.3, 0.4) is 0 Å². The van der Waals surface area contributed by atoms with Crippen LogP contribution in [0.25, 0.3) is 0 Å². The second kappa shape index (κ2) is 6.95. The molecule has 0 aromatic heterocycles. The van der Waals surface area contributed by atoms with E-state index in [1.807, 2.05) is 30.3 Å². The largest absolute Gasteiger partial charge is 0.493 e. The first-order valence-corrected chi connectivity index (χ1v) is 6.74. The van der Waals surface area contributed by atoms with E-state index in [9.17, 15) is 0 Å². The van der Waals surface area contributed by atoms with Crippen LogP contribution >= 0.6 is 0 Å². The fourth-order valence-electron chi connectivity index (χ4n) is 2.19. The fourth-order valence-corrected chi connectivity index (χ4v) is 2.19. The predicted octanol–water partition coefficient (Wildman–Crippen LogP) is 3.51. The fraction of sp³-hybridized carbons (Fsp3) is 0.294. The molecule has 0 aliphatic carbocycles. The second-order valence-electron chi connectivity index (χ2n) is 4.81. The van der Waals surface area contributed by atoms with Crippen LogP contribution in [0.1, 0.15) is 23.5 Å². The third-order valence-corrected chi connectivity index (χ3v) is 3.22. The highest BCUT2D eigenvalue weighted by Gasteiger charge is 2.12. The van der Waals surface area contributed by atoms with Gasteiger partial charge in [-0.3, -0.25) is 0 Å². The molecule has 0 aliphatic heterocycles. The standard InChI is InChI=1S/C17H21NO/c1-14-6-5-7-15(12-14)16(10-11-18)13-19-17-8-3-2-4-9-17/h2-9,12,16H,10-11,13,18H2,1H3. The van der Waals surface area contributed by atoms with Gasteiger partial charge in [-0.05, 0) is 37.6 Å². The maximum Gasteiger partial charge on any atom is 0.119 e. The van der Waals surface area contributed by atoms with Gasteiger partial charge in [-0.15, -0.1) is 0 Å². The predicted molar refractivity (Wildman–Crippen MR) is 79.5 cm³/mol. The Hall–Kier alpha value is -1.80. The van der Waals surface area contributed by atoms with Crippen LogP contribution in [0.5, 0.6) is 5.75 Å². The number of nitrogens with two attached hydrogens (primary N) is 1. The van der Waals surface area contributed by atoms with E-state index in [-0.39, 0.29) is 0 Å². The molecule has 0 bridgehead atoms. The van der Waals surface area contributed by atoms with Gasteiger partial charge >= 0.3 is 0 Å². The van der Waals surface area contributed by atoms with Gasteiger partial charge in [0.25, 0.3) is 0 Å². The van der Waals surface area contributed by atoms with Gasteiger partial charge in [0.05, 0.1) is 6.61 Å².